The summed E-state index contributed by atoms with van der Waals surface area (Å²) in [6.45, 7) is 2.81. The zero-order chi connectivity index (χ0) is 28.5. The van der Waals surface area contributed by atoms with Crippen LogP contribution in [-0.4, -0.2) is 63.9 Å². The summed E-state index contributed by atoms with van der Waals surface area (Å²) < 4.78 is 66.7. The number of urea groups is 1. The van der Waals surface area contributed by atoms with Gasteiger partial charge in [-0.15, -0.1) is 0 Å². The number of carbonyl (C=O) groups is 1. The van der Waals surface area contributed by atoms with Crippen LogP contribution < -0.4 is 15.5 Å². The number of nitrogens with zero attached hydrogens (tertiary/aromatic N) is 3. The van der Waals surface area contributed by atoms with Crippen LogP contribution in [0.3, 0.4) is 0 Å². The van der Waals surface area contributed by atoms with Gasteiger partial charge in [0.15, 0.2) is 5.82 Å². The first kappa shape index (κ1) is 28.1. The van der Waals surface area contributed by atoms with Gasteiger partial charge in [-0.1, -0.05) is 12.1 Å². The zero-order valence-electron chi connectivity index (χ0n) is 21.7. The van der Waals surface area contributed by atoms with Crippen LogP contribution in [-0.2, 0) is 9.48 Å². The summed E-state index contributed by atoms with van der Waals surface area (Å²) in [5.74, 6) is 0.208. The van der Waals surface area contributed by atoms with Gasteiger partial charge in [0.05, 0.1) is 36.4 Å². The van der Waals surface area contributed by atoms with Gasteiger partial charge in [-0.25, -0.2) is 27.9 Å². The first-order valence-electron chi connectivity index (χ1n) is 12.8. The molecular weight excluding hydrogens is 547 g/mol. The standard InChI is InChI=1S/C27H30F3N5O4S/c1-17-16-39-13-12-35(17)24-14-22(27(10-11-27)40(37,38)21-5-3-2-4-20(21)28)33-25(34-24)18-6-8-19(9-7-18)32-26(36)31-15-23(29)30/h2-9,14,17,23,37-38H,10-13,15-16H2,1H3,(H2,31,32,36)/t17-/m0/s1. The molecule has 1 atom stereocenters. The highest BCUT2D eigenvalue weighted by atomic mass is 32.3. The minimum absolute atomic E-state index is 0.00440. The van der Waals surface area contributed by atoms with E-state index in [0.717, 1.165) is 0 Å². The Bertz CT molecular complexity index is 1370. The van der Waals surface area contributed by atoms with Crippen molar-refractivity contribution in [2.24, 2.45) is 0 Å². The quantitative estimate of drug-likeness (QED) is 0.271. The Hall–Kier alpha value is -3.39. The van der Waals surface area contributed by atoms with E-state index in [2.05, 4.69) is 15.5 Å². The summed E-state index contributed by atoms with van der Waals surface area (Å²) >= 11 is 0. The Labute approximate surface area is 231 Å². The largest absolute Gasteiger partial charge is 0.377 e. The number of anilines is 2. The average molecular weight is 578 g/mol. The van der Waals surface area contributed by atoms with E-state index in [1.165, 1.54) is 18.2 Å². The molecule has 0 bridgehead atoms. The smallest absolute Gasteiger partial charge is 0.319 e. The molecule has 2 fully saturated rings. The van der Waals surface area contributed by atoms with Gasteiger partial charge in [-0.3, -0.25) is 9.11 Å². The predicted octanol–water partition coefficient (Wildman–Crippen LogP) is 5.69. The van der Waals surface area contributed by atoms with Crippen molar-refractivity contribution in [2.45, 2.75) is 41.9 Å². The fourth-order valence-corrected chi connectivity index (χ4v) is 6.84. The first-order chi connectivity index (χ1) is 19.1. The number of morpholine rings is 1. The second kappa shape index (κ2) is 11.2. The number of carbonyl (C=O) groups excluding carboxylic acids is 1. The maximum absolute atomic E-state index is 14.7. The Morgan fingerprint density at radius 3 is 2.55 bits per heavy atom. The molecule has 1 aliphatic heterocycles. The van der Waals surface area contributed by atoms with Crippen molar-refractivity contribution in [3.8, 4) is 11.4 Å². The van der Waals surface area contributed by atoms with Gasteiger partial charge in [0.25, 0.3) is 6.43 Å². The summed E-state index contributed by atoms with van der Waals surface area (Å²) in [5.41, 5.74) is 1.37. The second-order valence-electron chi connectivity index (χ2n) is 9.83. The van der Waals surface area contributed by atoms with E-state index in [-0.39, 0.29) is 10.9 Å². The fourth-order valence-electron chi connectivity index (χ4n) is 4.75. The van der Waals surface area contributed by atoms with Gasteiger partial charge in [-0.05, 0) is 56.2 Å². The van der Waals surface area contributed by atoms with E-state index in [0.29, 0.717) is 61.2 Å². The molecule has 40 heavy (non-hydrogen) atoms. The molecule has 9 nitrogen and oxygen atoms in total. The molecule has 3 aromatic rings. The summed E-state index contributed by atoms with van der Waals surface area (Å²) in [5, 5.41) is 4.56. The Morgan fingerprint density at radius 2 is 1.90 bits per heavy atom. The fraction of sp³-hybridized carbons (Fsp3) is 0.370. The summed E-state index contributed by atoms with van der Waals surface area (Å²) in [4.78, 5) is 23.3. The minimum Gasteiger partial charge on any atom is -0.377 e. The molecular formula is C27H30F3N5O4S. The Balaban J connectivity index is 1.51. The maximum atomic E-state index is 14.7. The van der Waals surface area contributed by atoms with Crippen molar-refractivity contribution in [2.75, 3.05) is 36.5 Å². The van der Waals surface area contributed by atoms with Crippen LogP contribution in [0, 0.1) is 5.82 Å². The molecule has 2 amide bonds. The van der Waals surface area contributed by atoms with E-state index in [1.54, 1.807) is 36.4 Å². The predicted molar refractivity (Wildman–Crippen MR) is 147 cm³/mol. The van der Waals surface area contributed by atoms with Crippen LogP contribution in [0.5, 0.6) is 0 Å². The summed E-state index contributed by atoms with van der Waals surface area (Å²) in [6, 6.07) is 13.2. The lowest BCUT2D eigenvalue weighted by Gasteiger charge is -2.41. The lowest BCUT2D eigenvalue weighted by atomic mass is 10.1. The molecule has 1 aromatic heterocycles. The number of benzene rings is 2. The molecule has 2 aromatic carbocycles. The normalized spacial score (nSPS) is 18.9. The molecule has 13 heteroatoms. The van der Waals surface area contributed by atoms with Crippen LogP contribution in [0.4, 0.5) is 29.5 Å². The molecule has 1 aliphatic carbocycles. The molecule has 2 heterocycles. The number of rotatable bonds is 8. The number of hydrogen-bond donors (Lipinski definition) is 4. The molecule has 2 aliphatic rings. The lowest BCUT2D eigenvalue weighted by Crippen LogP contribution is -2.44. The number of alkyl halides is 2. The number of nitrogens with one attached hydrogen (secondary N) is 2. The molecule has 214 valence electrons. The van der Waals surface area contributed by atoms with Crippen LogP contribution in [0.2, 0.25) is 0 Å². The van der Waals surface area contributed by atoms with Crippen molar-refractivity contribution in [1.82, 2.24) is 15.3 Å². The Kier molecular flexibility index (Phi) is 7.91. The van der Waals surface area contributed by atoms with Crippen molar-refractivity contribution in [3.05, 3.63) is 66.1 Å². The molecule has 0 spiro atoms. The zero-order valence-corrected chi connectivity index (χ0v) is 22.5. The molecule has 1 saturated carbocycles. The van der Waals surface area contributed by atoms with Crippen molar-refractivity contribution < 1.29 is 31.8 Å². The number of ether oxygens (including phenoxy) is 1. The number of hydrogen-bond acceptors (Lipinski definition) is 7. The van der Waals surface area contributed by atoms with Gasteiger partial charge in [0, 0.05) is 23.9 Å². The second-order valence-corrected chi connectivity index (χ2v) is 12.1. The average Bonchev–Trinajstić information content (AvgIpc) is 3.76. The maximum Gasteiger partial charge on any atom is 0.319 e. The number of amides is 2. The summed E-state index contributed by atoms with van der Waals surface area (Å²) in [6.07, 6.45) is -1.84. The van der Waals surface area contributed by atoms with Gasteiger partial charge in [0.2, 0.25) is 0 Å². The highest BCUT2D eigenvalue weighted by Crippen LogP contribution is 2.75. The molecule has 0 unspecified atom stereocenters. The van der Waals surface area contributed by atoms with E-state index >= 15 is 0 Å². The van der Waals surface area contributed by atoms with Crippen molar-refractivity contribution in [3.63, 3.8) is 0 Å². The third kappa shape index (κ3) is 5.59. The van der Waals surface area contributed by atoms with Gasteiger partial charge in [-0.2, -0.15) is 10.6 Å². The van der Waals surface area contributed by atoms with Gasteiger partial charge < -0.3 is 20.3 Å². The summed E-state index contributed by atoms with van der Waals surface area (Å²) in [7, 11) is -3.62. The third-order valence-electron chi connectivity index (χ3n) is 7.05. The lowest BCUT2D eigenvalue weighted by molar-refractivity contribution is 0.0985. The van der Waals surface area contributed by atoms with Crippen LogP contribution in [0.25, 0.3) is 11.4 Å². The van der Waals surface area contributed by atoms with E-state index in [1.807, 2.05) is 6.92 Å². The highest BCUT2D eigenvalue weighted by Gasteiger charge is 2.58. The SMILES string of the molecule is C[C@H]1COCCN1c1cc(C2(S(O)(O)c3ccccc3F)CC2)nc(-c2ccc(NC(=O)NCC(F)F)cc2)n1. The Morgan fingerprint density at radius 1 is 1.18 bits per heavy atom. The molecule has 5 rings (SSSR count). The van der Waals surface area contributed by atoms with Crippen molar-refractivity contribution in [1.29, 1.82) is 0 Å². The molecule has 0 radical (unpaired) electrons. The van der Waals surface area contributed by atoms with Crippen LogP contribution in [0.15, 0.2) is 59.5 Å². The number of halogens is 3. The van der Waals surface area contributed by atoms with Crippen LogP contribution in [0.1, 0.15) is 25.5 Å². The number of aromatic nitrogens is 2. The van der Waals surface area contributed by atoms with Crippen LogP contribution >= 0.6 is 10.6 Å². The van der Waals surface area contributed by atoms with E-state index in [4.69, 9.17) is 14.7 Å². The van der Waals surface area contributed by atoms with Gasteiger partial charge in [0.1, 0.15) is 16.4 Å². The molecule has 4 N–H and O–H groups in total. The third-order valence-corrected chi connectivity index (χ3v) is 9.70. The van der Waals surface area contributed by atoms with E-state index in [9.17, 15) is 27.1 Å². The monoisotopic (exact) mass is 577 g/mol. The minimum atomic E-state index is -3.62. The van der Waals surface area contributed by atoms with Crippen molar-refractivity contribution >= 4 is 28.1 Å². The van der Waals surface area contributed by atoms with Gasteiger partial charge >= 0.3 is 6.03 Å². The van der Waals surface area contributed by atoms with E-state index < -0.39 is 40.2 Å². The topological polar surface area (TPSA) is 120 Å². The highest BCUT2D eigenvalue weighted by molar-refractivity contribution is 8.25. The molecule has 1 saturated heterocycles. The first-order valence-corrected chi connectivity index (χ1v) is 14.4.